The van der Waals surface area contributed by atoms with E-state index in [0.717, 1.165) is 71.5 Å². The Balaban J connectivity index is 1.17. The summed E-state index contributed by atoms with van der Waals surface area (Å²) in [4.78, 5) is 0. The fourth-order valence-corrected chi connectivity index (χ4v) is 8.01. The van der Waals surface area contributed by atoms with Crippen LogP contribution in [0.25, 0.3) is 110 Å². The van der Waals surface area contributed by atoms with Crippen molar-refractivity contribution in [1.29, 1.82) is 0 Å². The molecule has 0 N–H and O–H groups in total. The first kappa shape index (κ1) is 26.5. The number of hydrogen-bond acceptors (Lipinski definition) is 3. The number of benzene rings is 8. The number of hydrogen-bond donors (Lipinski definition) is 0. The summed E-state index contributed by atoms with van der Waals surface area (Å²) in [5.74, 6) is 0. The molecule has 0 unspecified atom stereocenters. The predicted octanol–water partition coefficient (Wildman–Crippen LogP) is 13.5. The van der Waals surface area contributed by atoms with E-state index in [4.69, 9.17) is 13.3 Å². The molecule has 3 heterocycles. The van der Waals surface area contributed by atoms with Crippen molar-refractivity contribution in [2.75, 3.05) is 0 Å². The minimum Gasteiger partial charge on any atom is -0.464 e. The maximum Gasteiger partial charge on any atom is 0.136 e. The van der Waals surface area contributed by atoms with E-state index in [-0.39, 0.29) is 0 Å². The Morgan fingerprint density at radius 1 is 0.306 bits per heavy atom. The van der Waals surface area contributed by atoms with Crippen LogP contribution in [0.1, 0.15) is 0 Å². The first-order valence-electron chi connectivity index (χ1n) is 16.6. The first-order valence-corrected chi connectivity index (χ1v) is 16.6. The molecule has 3 aromatic heterocycles. The summed E-state index contributed by atoms with van der Waals surface area (Å²) in [6.45, 7) is 0. The molecule has 228 valence electrons. The van der Waals surface area contributed by atoms with Gasteiger partial charge in [-0.25, -0.2) is 0 Å². The highest BCUT2D eigenvalue weighted by Gasteiger charge is 2.21. The normalized spacial score (nSPS) is 12.1. The van der Waals surface area contributed by atoms with Gasteiger partial charge in [-0.1, -0.05) is 109 Å². The molecule has 0 spiro atoms. The molecule has 0 radical (unpaired) electrons. The summed E-state index contributed by atoms with van der Waals surface area (Å²) in [7, 11) is 0. The fraction of sp³-hybridized carbons (Fsp3) is 0. The van der Waals surface area contributed by atoms with Crippen molar-refractivity contribution in [3.05, 3.63) is 158 Å². The van der Waals surface area contributed by atoms with Gasteiger partial charge in [-0.2, -0.15) is 0 Å². The van der Waals surface area contributed by atoms with Gasteiger partial charge in [0.1, 0.15) is 27.9 Å². The van der Waals surface area contributed by atoms with Gasteiger partial charge in [0.25, 0.3) is 0 Å². The van der Waals surface area contributed by atoms with Gasteiger partial charge in [-0.3, -0.25) is 0 Å². The lowest BCUT2D eigenvalue weighted by Gasteiger charge is -2.17. The van der Waals surface area contributed by atoms with Gasteiger partial charge >= 0.3 is 0 Å². The Kier molecular flexibility index (Phi) is 5.38. The van der Waals surface area contributed by atoms with Crippen molar-refractivity contribution < 1.29 is 13.3 Å². The molecule has 0 atom stereocenters. The van der Waals surface area contributed by atoms with E-state index in [9.17, 15) is 0 Å². The molecule has 11 rings (SSSR count). The zero-order valence-electron chi connectivity index (χ0n) is 26.2. The molecule has 0 saturated heterocycles. The monoisotopic (exact) mass is 626 g/mol. The summed E-state index contributed by atoms with van der Waals surface area (Å²) in [5.41, 5.74) is 11.3. The summed E-state index contributed by atoms with van der Waals surface area (Å²) in [5, 5.41) is 10.3. The molecule has 0 aliphatic carbocycles. The Morgan fingerprint density at radius 3 is 1.59 bits per heavy atom. The fourth-order valence-electron chi connectivity index (χ4n) is 8.01. The third-order valence-corrected chi connectivity index (χ3v) is 10.1. The van der Waals surface area contributed by atoms with Crippen LogP contribution in [0.3, 0.4) is 0 Å². The molecule has 3 nitrogen and oxygen atoms in total. The van der Waals surface area contributed by atoms with Crippen LogP contribution in [0, 0.1) is 0 Å². The number of fused-ring (bicyclic) bond motifs is 10. The molecule has 0 saturated carbocycles. The third kappa shape index (κ3) is 3.78. The van der Waals surface area contributed by atoms with Crippen LogP contribution in [0.5, 0.6) is 0 Å². The van der Waals surface area contributed by atoms with Crippen LogP contribution in [-0.2, 0) is 0 Å². The lowest BCUT2D eigenvalue weighted by molar-refractivity contribution is 0.616. The third-order valence-electron chi connectivity index (χ3n) is 10.1. The summed E-state index contributed by atoms with van der Waals surface area (Å²) < 4.78 is 18.9. The highest BCUT2D eigenvalue weighted by Crippen LogP contribution is 2.47. The molecular formula is C46H26O3. The largest absolute Gasteiger partial charge is 0.464 e. The van der Waals surface area contributed by atoms with Crippen molar-refractivity contribution in [1.82, 2.24) is 0 Å². The Morgan fingerprint density at radius 2 is 0.857 bits per heavy atom. The maximum atomic E-state index is 6.62. The first-order chi connectivity index (χ1) is 24.3. The topological polar surface area (TPSA) is 39.4 Å². The van der Waals surface area contributed by atoms with Gasteiger partial charge in [0, 0.05) is 32.5 Å². The summed E-state index contributed by atoms with van der Waals surface area (Å²) >= 11 is 0. The van der Waals surface area contributed by atoms with Crippen molar-refractivity contribution in [3.8, 4) is 33.4 Å². The van der Waals surface area contributed by atoms with Gasteiger partial charge in [0.15, 0.2) is 0 Å². The Bertz CT molecular complexity index is 3040. The highest BCUT2D eigenvalue weighted by molar-refractivity contribution is 6.25. The van der Waals surface area contributed by atoms with Crippen LogP contribution in [-0.4, -0.2) is 0 Å². The van der Waals surface area contributed by atoms with Crippen molar-refractivity contribution in [2.45, 2.75) is 0 Å². The minimum atomic E-state index is 0.852. The number of rotatable bonds is 3. The number of para-hydroxylation sites is 1. The van der Waals surface area contributed by atoms with Gasteiger partial charge in [0.05, 0.1) is 6.26 Å². The Hall–Kier alpha value is -6.58. The van der Waals surface area contributed by atoms with Gasteiger partial charge in [0.2, 0.25) is 0 Å². The molecule has 49 heavy (non-hydrogen) atoms. The molecular weight excluding hydrogens is 601 g/mol. The lowest BCUT2D eigenvalue weighted by atomic mass is 9.85. The molecule has 3 heteroatoms. The van der Waals surface area contributed by atoms with Crippen molar-refractivity contribution in [3.63, 3.8) is 0 Å². The van der Waals surface area contributed by atoms with E-state index >= 15 is 0 Å². The van der Waals surface area contributed by atoms with Crippen LogP contribution in [0.2, 0.25) is 0 Å². The second kappa shape index (κ2) is 9.96. The lowest BCUT2D eigenvalue weighted by Crippen LogP contribution is -1.90. The molecule has 8 aromatic carbocycles. The molecule has 0 aliphatic heterocycles. The molecule has 0 bridgehead atoms. The second-order valence-electron chi connectivity index (χ2n) is 12.8. The molecule has 11 aromatic rings. The second-order valence-corrected chi connectivity index (χ2v) is 12.8. The Labute approximate surface area is 280 Å². The minimum absolute atomic E-state index is 0.852. The van der Waals surface area contributed by atoms with Crippen LogP contribution in [0.4, 0.5) is 0 Å². The van der Waals surface area contributed by atoms with E-state index in [1.54, 1.807) is 0 Å². The van der Waals surface area contributed by atoms with E-state index in [1.807, 2.05) is 36.6 Å². The van der Waals surface area contributed by atoms with E-state index < -0.39 is 0 Å². The highest BCUT2D eigenvalue weighted by atomic mass is 16.3. The van der Waals surface area contributed by atoms with E-state index in [0.29, 0.717) is 0 Å². The SMILES string of the molecule is c1ccc(-c2coc3ccc4oc5cc(-c6c7ccccc7c(-c7ccc8oc9ccccc9c8c7)c7ccccc67)ccc5c4c23)cc1. The molecule has 0 aliphatic rings. The maximum absolute atomic E-state index is 6.62. The average Bonchev–Trinajstić information content (AvgIpc) is 3.86. The number of furan rings is 3. The van der Waals surface area contributed by atoms with Gasteiger partial charge in [-0.05, 0) is 91.8 Å². The standard InChI is InChI=1S/C46H26O3/c1-2-10-27(11-3-1)37-26-47-40-22-23-41-45(46(37)40)35-20-18-29(25-42(35)49-41)44-33-15-6-4-13-31(33)43(32-14-5-7-16-34(32)44)28-19-21-39-36(24-28)30-12-8-9-17-38(30)48-39/h1-26H. The zero-order valence-corrected chi connectivity index (χ0v) is 26.2. The quantitative estimate of drug-likeness (QED) is 0.183. The van der Waals surface area contributed by atoms with Crippen LogP contribution in [0.15, 0.2) is 171 Å². The van der Waals surface area contributed by atoms with Gasteiger partial charge in [-0.15, -0.1) is 0 Å². The zero-order chi connectivity index (χ0) is 32.1. The average molecular weight is 627 g/mol. The van der Waals surface area contributed by atoms with E-state index in [2.05, 4.69) is 121 Å². The predicted molar refractivity (Wildman–Crippen MR) is 202 cm³/mol. The van der Waals surface area contributed by atoms with Crippen molar-refractivity contribution in [2.24, 2.45) is 0 Å². The molecule has 0 fully saturated rings. The molecule has 0 amide bonds. The summed E-state index contributed by atoms with van der Waals surface area (Å²) in [6.07, 6.45) is 1.86. The van der Waals surface area contributed by atoms with E-state index in [1.165, 1.54) is 38.2 Å². The summed E-state index contributed by atoms with van der Waals surface area (Å²) in [6, 6.07) is 53.5. The smallest absolute Gasteiger partial charge is 0.136 e. The van der Waals surface area contributed by atoms with Crippen LogP contribution >= 0.6 is 0 Å². The van der Waals surface area contributed by atoms with Gasteiger partial charge < -0.3 is 13.3 Å². The van der Waals surface area contributed by atoms with Crippen molar-refractivity contribution >= 4 is 76.4 Å². The van der Waals surface area contributed by atoms with Crippen LogP contribution < -0.4 is 0 Å².